The van der Waals surface area contributed by atoms with Crippen LogP contribution in [0.4, 0.5) is 20.6 Å². The molecule has 3 amide bonds. The van der Waals surface area contributed by atoms with Crippen LogP contribution in [-0.2, 0) is 4.79 Å². The SMILES string of the molecule is O=C(Nc1ccccc1F)NC1CC(=O)N(c2ccc3c(c2)OCCO3)C1. The molecule has 0 radical (unpaired) electrons. The Kier molecular flexibility index (Phi) is 4.53. The van der Waals surface area contributed by atoms with E-state index in [9.17, 15) is 14.0 Å². The average molecular weight is 371 g/mol. The molecule has 2 aliphatic heterocycles. The van der Waals surface area contributed by atoms with Gasteiger partial charge in [0.05, 0.1) is 11.7 Å². The van der Waals surface area contributed by atoms with Crippen LogP contribution < -0.4 is 25.0 Å². The van der Waals surface area contributed by atoms with Crippen LogP contribution in [0, 0.1) is 5.82 Å². The van der Waals surface area contributed by atoms with Gasteiger partial charge in [-0.1, -0.05) is 12.1 Å². The highest BCUT2D eigenvalue weighted by molar-refractivity contribution is 5.98. The molecule has 8 heteroatoms. The monoisotopic (exact) mass is 371 g/mol. The Hall–Kier alpha value is -3.29. The lowest BCUT2D eigenvalue weighted by molar-refractivity contribution is -0.117. The van der Waals surface area contributed by atoms with E-state index in [1.165, 1.54) is 12.1 Å². The van der Waals surface area contributed by atoms with Crippen LogP contribution in [0.2, 0.25) is 0 Å². The predicted molar refractivity (Wildman–Crippen MR) is 96.7 cm³/mol. The fourth-order valence-corrected chi connectivity index (χ4v) is 3.16. The summed E-state index contributed by atoms with van der Waals surface area (Å²) in [5.74, 6) is 0.617. The minimum absolute atomic E-state index is 0.0861. The molecule has 1 fully saturated rings. The van der Waals surface area contributed by atoms with Crippen LogP contribution in [0.5, 0.6) is 11.5 Å². The maximum atomic E-state index is 13.6. The molecule has 1 unspecified atom stereocenters. The molecule has 7 nitrogen and oxygen atoms in total. The number of carbonyl (C=O) groups excluding carboxylic acids is 2. The lowest BCUT2D eigenvalue weighted by atomic mass is 10.2. The normalized spacial score (nSPS) is 18.3. The number of rotatable bonds is 3. The standard InChI is InChI=1S/C19H18FN3O4/c20-14-3-1-2-4-15(14)22-19(25)21-12-9-18(24)23(11-12)13-5-6-16-17(10-13)27-8-7-26-16/h1-6,10,12H,7-9,11H2,(H2,21,22,25). The summed E-state index contributed by atoms with van der Waals surface area (Å²) in [7, 11) is 0. The van der Waals surface area contributed by atoms with Crippen LogP contribution in [-0.4, -0.2) is 37.7 Å². The molecule has 140 valence electrons. The number of hydrogen-bond acceptors (Lipinski definition) is 4. The predicted octanol–water partition coefficient (Wildman–Crippen LogP) is 2.52. The first-order chi connectivity index (χ1) is 13.1. The van der Waals surface area contributed by atoms with Gasteiger partial charge >= 0.3 is 6.03 Å². The van der Waals surface area contributed by atoms with Crippen molar-refractivity contribution < 1.29 is 23.5 Å². The highest BCUT2D eigenvalue weighted by Gasteiger charge is 2.32. The van der Waals surface area contributed by atoms with Crippen molar-refractivity contribution in [2.45, 2.75) is 12.5 Å². The van der Waals surface area contributed by atoms with Crippen molar-refractivity contribution in [1.29, 1.82) is 0 Å². The summed E-state index contributed by atoms with van der Waals surface area (Å²) in [6.45, 7) is 1.28. The van der Waals surface area contributed by atoms with E-state index >= 15 is 0 Å². The molecule has 0 aliphatic carbocycles. The zero-order chi connectivity index (χ0) is 18.8. The summed E-state index contributed by atoms with van der Waals surface area (Å²) in [6, 6.07) is 10.3. The number of fused-ring (bicyclic) bond motifs is 1. The van der Waals surface area contributed by atoms with Gasteiger partial charge in [-0.3, -0.25) is 4.79 Å². The first-order valence-corrected chi connectivity index (χ1v) is 8.62. The molecule has 0 aromatic heterocycles. The minimum Gasteiger partial charge on any atom is -0.486 e. The maximum Gasteiger partial charge on any atom is 0.319 e. The Labute approximate surface area is 155 Å². The number of urea groups is 1. The third-order valence-corrected chi connectivity index (χ3v) is 4.42. The fourth-order valence-electron chi connectivity index (χ4n) is 3.16. The summed E-state index contributed by atoms with van der Waals surface area (Å²) < 4.78 is 24.7. The van der Waals surface area contributed by atoms with E-state index in [0.717, 1.165) is 0 Å². The number of hydrogen-bond donors (Lipinski definition) is 2. The fraction of sp³-hybridized carbons (Fsp3) is 0.263. The van der Waals surface area contributed by atoms with E-state index in [0.29, 0.717) is 36.9 Å². The van der Waals surface area contributed by atoms with Gasteiger partial charge in [-0.05, 0) is 24.3 Å². The van der Waals surface area contributed by atoms with Crippen molar-refractivity contribution in [3.8, 4) is 11.5 Å². The first kappa shape index (κ1) is 17.1. The molecule has 27 heavy (non-hydrogen) atoms. The van der Waals surface area contributed by atoms with Crippen molar-refractivity contribution >= 4 is 23.3 Å². The number of carbonyl (C=O) groups is 2. The molecular weight excluding hydrogens is 353 g/mol. The summed E-state index contributed by atoms with van der Waals surface area (Å²) in [6.07, 6.45) is 0.166. The smallest absolute Gasteiger partial charge is 0.319 e. The third-order valence-electron chi connectivity index (χ3n) is 4.42. The van der Waals surface area contributed by atoms with Gasteiger partial charge in [0.2, 0.25) is 5.91 Å². The van der Waals surface area contributed by atoms with Gasteiger partial charge in [-0.25, -0.2) is 9.18 Å². The van der Waals surface area contributed by atoms with Crippen LogP contribution in [0.3, 0.4) is 0 Å². The molecule has 2 heterocycles. The molecule has 2 N–H and O–H groups in total. The van der Waals surface area contributed by atoms with Gasteiger partial charge in [0.25, 0.3) is 0 Å². The third kappa shape index (κ3) is 3.64. The Bertz CT molecular complexity index is 889. The molecule has 1 saturated heterocycles. The maximum absolute atomic E-state index is 13.6. The summed E-state index contributed by atoms with van der Waals surface area (Å²) in [5, 5.41) is 5.17. The van der Waals surface area contributed by atoms with Crippen molar-refractivity contribution in [2.24, 2.45) is 0 Å². The number of ether oxygens (including phenoxy) is 2. The van der Waals surface area contributed by atoms with Crippen molar-refractivity contribution in [1.82, 2.24) is 5.32 Å². The van der Waals surface area contributed by atoms with Crippen molar-refractivity contribution in [2.75, 3.05) is 30.0 Å². The second-order valence-corrected chi connectivity index (χ2v) is 6.31. The second-order valence-electron chi connectivity index (χ2n) is 6.31. The second kappa shape index (κ2) is 7.14. The van der Waals surface area contributed by atoms with Crippen LogP contribution in [0.15, 0.2) is 42.5 Å². The summed E-state index contributed by atoms with van der Waals surface area (Å²) in [4.78, 5) is 26.1. The molecule has 1 atom stereocenters. The van der Waals surface area contributed by atoms with E-state index in [-0.39, 0.29) is 24.1 Å². The highest BCUT2D eigenvalue weighted by atomic mass is 19.1. The number of halogens is 1. The van der Waals surface area contributed by atoms with Crippen molar-refractivity contribution in [3.05, 3.63) is 48.3 Å². The van der Waals surface area contributed by atoms with Crippen LogP contribution in [0.25, 0.3) is 0 Å². The Morgan fingerprint density at radius 1 is 1.11 bits per heavy atom. The number of para-hydroxylation sites is 1. The van der Waals surface area contributed by atoms with E-state index in [2.05, 4.69) is 10.6 Å². The molecule has 0 spiro atoms. The average Bonchev–Trinajstić information content (AvgIpc) is 3.03. The number of anilines is 2. The molecule has 2 aliphatic rings. The molecule has 2 aromatic rings. The van der Waals surface area contributed by atoms with Gasteiger partial charge in [-0.15, -0.1) is 0 Å². The van der Waals surface area contributed by atoms with Gasteiger partial charge in [0.15, 0.2) is 11.5 Å². The van der Waals surface area contributed by atoms with Crippen LogP contribution in [0.1, 0.15) is 6.42 Å². The molecule has 0 bridgehead atoms. The summed E-state index contributed by atoms with van der Waals surface area (Å²) >= 11 is 0. The van der Waals surface area contributed by atoms with Gasteiger partial charge in [-0.2, -0.15) is 0 Å². The van der Waals surface area contributed by atoms with E-state index in [1.807, 2.05) is 0 Å². The Morgan fingerprint density at radius 3 is 2.70 bits per heavy atom. The molecule has 0 saturated carbocycles. The van der Waals surface area contributed by atoms with Crippen molar-refractivity contribution in [3.63, 3.8) is 0 Å². The Balaban J connectivity index is 1.40. The lowest BCUT2D eigenvalue weighted by Crippen LogP contribution is -2.39. The largest absolute Gasteiger partial charge is 0.486 e. The quantitative estimate of drug-likeness (QED) is 0.869. The first-order valence-electron chi connectivity index (χ1n) is 8.62. The number of nitrogens with one attached hydrogen (secondary N) is 2. The highest BCUT2D eigenvalue weighted by Crippen LogP contribution is 2.35. The zero-order valence-electron chi connectivity index (χ0n) is 14.4. The van der Waals surface area contributed by atoms with Gasteiger partial charge in [0.1, 0.15) is 19.0 Å². The number of nitrogens with zero attached hydrogens (tertiary/aromatic N) is 1. The van der Waals surface area contributed by atoms with Gasteiger partial charge in [0, 0.05) is 24.7 Å². The Morgan fingerprint density at radius 2 is 1.89 bits per heavy atom. The van der Waals surface area contributed by atoms with Gasteiger partial charge < -0.3 is 25.0 Å². The molecule has 2 aromatic carbocycles. The zero-order valence-corrected chi connectivity index (χ0v) is 14.4. The number of benzene rings is 2. The topological polar surface area (TPSA) is 79.9 Å². The molecule has 4 rings (SSSR count). The van der Waals surface area contributed by atoms with E-state index in [4.69, 9.17) is 9.47 Å². The van der Waals surface area contributed by atoms with E-state index < -0.39 is 11.8 Å². The number of amides is 3. The minimum atomic E-state index is -0.554. The summed E-state index contributed by atoms with van der Waals surface area (Å²) in [5.41, 5.74) is 0.770. The lowest BCUT2D eigenvalue weighted by Gasteiger charge is -2.22. The van der Waals surface area contributed by atoms with Crippen LogP contribution >= 0.6 is 0 Å². The van der Waals surface area contributed by atoms with E-state index in [1.54, 1.807) is 35.2 Å². The molecular formula is C19H18FN3O4.